The first-order valence-corrected chi connectivity index (χ1v) is 14.5. The Labute approximate surface area is 258 Å². The van der Waals surface area contributed by atoms with E-state index in [2.05, 4.69) is 15.5 Å². The summed E-state index contributed by atoms with van der Waals surface area (Å²) in [5, 5.41) is 12.4. The van der Waals surface area contributed by atoms with Gasteiger partial charge in [0.2, 0.25) is 0 Å². The number of ether oxygens (including phenoxy) is 1. The molecule has 1 aromatic heterocycles. The van der Waals surface area contributed by atoms with E-state index in [1.807, 2.05) is 55.5 Å². The third-order valence-corrected chi connectivity index (χ3v) is 7.32. The molecule has 0 unspecified atom stereocenters. The van der Waals surface area contributed by atoms with Gasteiger partial charge in [-0.2, -0.15) is 5.10 Å². The predicted molar refractivity (Wildman–Crippen MR) is 173 cm³/mol. The van der Waals surface area contributed by atoms with Crippen LogP contribution in [0.25, 0.3) is 12.2 Å². The van der Waals surface area contributed by atoms with Crippen molar-refractivity contribution in [3.05, 3.63) is 130 Å². The number of amidine groups is 1. The van der Waals surface area contributed by atoms with E-state index in [1.165, 1.54) is 16.7 Å². The Morgan fingerprint density at radius 2 is 1.79 bits per heavy atom. The summed E-state index contributed by atoms with van der Waals surface area (Å²) in [6.45, 7) is 1.92. The molecule has 1 aliphatic heterocycles. The van der Waals surface area contributed by atoms with Crippen LogP contribution in [0.5, 0.6) is 5.75 Å². The average Bonchev–Trinajstić information content (AvgIpc) is 3.63. The number of hydrogen-bond acceptors (Lipinski definition) is 7. The molecule has 0 radical (unpaired) electrons. The second-order valence-electron chi connectivity index (χ2n) is 9.39. The Morgan fingerprint density at radius 3 is 2.56 bits per heavy atom. The Bertz CT molecular complexity index is 1700. The van der Waals surface area contributed by atoms with Crippen molar-refractivity contribution < 1.29 is 18.7 Å². The molecule has 3 aromatic carbocycles. The maximum absolute atomic E-state index is 13.5. The molecule has 0 bridgehead atoms. The number of para-hydroxylation sites is 1. The number of carbonyl (C=O) groups excluding carboxylic acids is 2. The number of allylic oxidation sites excluding steroid dienone is 1. The molecule has 0 saturated carbocycles. The minimum Gasteiger partial charge on any atom is -0.483 e. The van der Waals surface area contributed by atoms with Crippen molar-refractivity contribution in [2.24, 2.45) is 10.2 Å². The van der Waals surface area contributed by atoms with Crippen molar-refractivity contribution in [3.63, 3.8) is 0 Å². The molecule has 5 rings (SSSR count). The third kappa shape index (κ3) is 8.34. The molecule has 2 heterocycles. The average molecular weight is 611 g/mol. The maximum atomic E-state index is 13.5. The number of nitrogens with zero attached hydrogens (tertiary/aromatic N) is 3. The van der Waals surface area contributed by atoms with Gasteiger partial charge >= 0.3 is 0 Å². The Balaban J connectivity index is 1.33. The zero-order valence-electron chi connectivity index (χ0n) is 23.1. The van der Waals surface area contributed by atoms with Crippen LogP contribution in [-0.2, 0) is 16.1 Å². The number of rotatable bonds is 10. The van der Waals surface area contributed by atoms with Crippen LogP contribution in [0.2, 0.25) is 5.02 Å². The molecule has 0 spiro atoms. The van der Waals surface area contributed by atoms with E-state index >= 15 is 0 Å². The number of amides is 2. The highest BCUT2D eigenvalue weighted by Crippen LogP contribution is 2.35. The van der Waals surface area contributed by atoms with E-state index < -0.39 is 0 Å². The second-order valence-corrected chi connectivity index (χ2v) is 10.8. The zero-order chi connectivity index (χ0) is 30.0. The lowest BCUT2D eigenvalue weighted by Crippen LogP contribution is -2.28. The molecule has 1 aliphatic rings. The van der Waals surface area contributed by atoms with Crippen LogP contribution in [0.3, 0.4) is 0 Å². The molecular formula is C33H27ClN4O4S. The van der Waals surface area contributed by atoms with Crippen LogP contribution in [0.4, 0.5) is 5.69 Å². The largest absolute Gasteiger partial charge is 0.483 e. The number of nitrogens with one attached hydrogen (secondary N) is 1. The van der Waals surface area contributed by atoms with E-state index in [1.54, 1.807) is 67.1 Å². The van der Waals surface area contributed by atoms with Gasteiger partial charge in [0.1, 0.15) is 11.5 Å². The summed E-state index contributed by atoms with van der Waals surface area (Å²) in [6, 6.07) is 27.5. The molecule has 1 N–H and O–H groups in total. The van der Waals surface area contributed by atoms with E-state index in [-0.39, 0.29) is 25.0 Å². The molecule has 1 saturated heterocycles. The van der Waals surface area contributed by atoms with E-state index in [0.29, 0.717) is 37.9 Å². The van der Waals surface area contributed by atoms with Gasteiger partial charge in [0.05, 0.1) is 23.9 Å². The number of anilines is 1. The fourth-order valence-corrected chi connectivity index (χ4v) is 5.10. The standard InChI is InChI=1S/C33H27ClN4O4S/c1-23(18-24-8-3-2-4-9-24)20-35-37-33-38(21-28-11-7-17-41-28)32(40)30(43-33)19-25-10-5-6-12-29(25)42-22-31(39)36-27-15-13-26(34)14-16-27/h2-20H,21-22H2,1H3,(H,36,39)/b23-18+,30-19-,35-20+,37-33-. The van der Waals surface area contributed by atoms with E-state index in [4.69, 9.17) is 20.8 Å². The first-order valence-electron chi connectivity index (χ1n) is 13.3. The quantitative estimate of drug-likeness (QED) is 0.114. The molecule has 1 fully saturated rings. The third-order valence-electron chi connectivity index (χ3n) is 6.07. The minimum absolute atomic E-state index is 0.201. The highest BCUT2D eigenvalue weighted by Gasteiger charge is 2.34. The highest BCUT2D eigenvalue weighted by molar-refractivity contribution is 8.18. The van der Waals surface area contributed by atoms with Crippen molar-refractivity contribution in [1.29, 1.82) is 0 Å². The van der Waals surface area contributed by atoms with Gasteiger partial charge in [-0.25, -0.2) is 0 Å². The Morgan fingerprint density at radius 1 is 1.02 bits per heavy atom. The van der Waals surface area contributed by atoms with Crippen LogP contribution in [-0.4, -0.2) is 34.7 Å². The van der Waals surface area contributed by atoms with Crippen LogP contribution in [0.15, 0.2) is 122 Å². The molecule has 216 valence electrons. The van der Waals surface area contributed by atoms with Crippen molar-refractivity contribution >= 4 is 64.4 Å². The predicted octanol–water partition coefficient (Wildman–Crippen LogP) is 7.51. The van der Waals surface area contributed by atoms with Crippen molar-refractivity contribution in [1.82, 2.24) is 4.90 Å². The van der Waals surface area contributed by atoms with Crippen LogP contribution < -0.4 is 10.1 Å². The number of thioether (sulfide) groups is 1. The van der Waals surface area contributed by atoms with Gasteiger partial charge in [0.25, 0.3) is 11.8 Å². The van der Waals surface area contributed by atoms with Gasteiger partial charge in [-0.05, 0) is 78.4 Å². The molecule has 10 heteroatoms. The van der Waals surface area contributed by atoms with Crippen LogP contribution >= 0.6 is 23.4 Å². The summed E-state index contributed by atoms with van der Waals surface area (Å²) in [5.41, 5.74) is 3.21. The number of benzene rings is 3. The van der Waals surface area contributed by atoms with Crippen molar-refractivity contribution in [2.45, 2.75) is 13.5 Å². The summed E-state index contributed by atoms with van der Waals surface area (Å²) in [6.07, 6.45) is 6.93. The minimum atomic E-state index is -0.329. The monoisotopic (exact) mass is 610 g/mol. The van der Waals surface area contributed by atoms with Gasteiger partial charge in [-0.1, -0.05) is 66.2 Å². The first-order chi connectivity index (χ1) is 20.9. The van der Waals surface area contributed by atoms with Gasteiger partial charge < -0.3 is 14.5 Å². The molecule has 4 aromatic rings. The normalized spacial score (nSPS) is 15.5. The summed E-state index contributed by atoms with van der Waals surface area (Å²) >= 11 is 7.11. The van der Waals surface area contributed by atoms with Gasteiger partial charge in [0.15, 0.2) is 11.8 Å². The smallest absolute Gasteiger partial charge is 0.267 e. The molecule has 2 amide bonds. The lowest BCUT2D eigenvalue weighted by molar-refractivity contribution is -0.122. The highest BCUT2D eigenvalue weighted by atomic mass is 35.5. The number of hydrogen-bond donors (Lipinski definition) is 1. The van der Waals surface area contributed by atoms with E-state index in [0.717, 1.165) is 11.1 Å². The lowest BCUT2D eigenvalue weighted by atomic mass is 10.1. The van der Waals surface area contributed by atoms with Crippen LogP contribution in [0, 0.1) is 0 Å². The summed E-state index contributed by atoms with van der Waals surface area (Å²) in [7, 11) is 0. The molecule has 8 nitrogen and oxygen atoms in total. The maximum Gasteiger partial charge on any atom is 0.267 e. The molecule has 0 aliphatic carbocycles. The van der Waals surface area contributed by atoms with Gasteiger partial charge in [-0.3, -0.25) is 14.5 Å². The second kappa shape index (κ2) is 14.4. The van der Waals surface area contributed by atoms with Crippen molar-refractivity contribution in [2.75, 3.05) is 11.9 Å². The summed E-state index contributed by atoms with van der Waals surface area (Å²) < 4.78 is 11.3. The SMILES string of the molecule is CC(/C=N/N=C1\S/C(=C\c2ccccc2OCC(=O)Nc2ccc(Cl)cc2)C(=O)N1Cc1ccco1)=C\c1ccccc1. The first kappa shape index (κ1) is 29.6. The van der Waals surface area contributed by atoms with Gasteiger partial charge in [-0.15, -0.1) is 5.10 Å². The summed E-state index contributed by atoms with van der Waals surface area (Å²) in [5.74, 6) is 0.492. The molecular weight excluding hydrogens is 584 g/mol. The lowest BCUT2D eigenvalue weighted by Gasteiger charge is -2.12. The number of furan rings is 1. The number of carbonyl (C=O) groups is 2. The molecule has 43 heavy (non-hydrogen) atoms. The Hall–Kier alpha value is -4.86. The van der Waals surface area contributed by atoms with Crippen molar-refractivity contribution in [3.8, 4) is 5.75 Å². The topological polar surface area (TPSA) is 96.5 Å². The van der Waals surface area contributed by atoms with E-state index in [9.17, 15) is 9.59 Å². The molecule has 0 atom stereocenters. The van der Waals surface area contributed by atoms with Crippen LogP contribution in [0.1, 0.15) is 23.8 Å². The number of halogens is 1. The van der Waals surface area contributed by atoms with Gasteiger partial charge in [0, 0.05) is 16.3 Å². The zero-order valence-corrected chi connectivity index (χ0v) is 24.7. The summed E-state index contributed by atoms with van der Waals surface area (Å²) in [4.78, 5) is 28.0. The Kier molecular flexibility index (Phi) is 9.89. The fourth-order valence-electron chi connectivity index (χ4n) is 4.05. The fraction of sp³-hybridized carbons (Fsp3) is 0.0909.